The van der Waals surface area contributed by atoms with Crippen molar-refractivity contribution in [2.24, 2.45) is 0 Å². The summed E-state index contributed by atoms with van der Waals surface area (Å²) in [6, 6.07) is 1.99. The number of aldehydes is 1. The Balaban J connectivity index is 2.47. The molecule has 1 unspecified atom stereocenters. The molecule has 0 aliphatic carbocycles. The zero-order valence-corrected chi connectivity index (χ0v) is 11.5. The molecule has 0 radical (unpaired) electrons. The number of carbonyl (C=O) groups is 1. The average Bonchev–Trinajstić information content (AvgIpc) is 2.34. The van der Waals surface area contributed by atoms with Gasteiger partial charge in [-0.25, -0.2) is 0 Å². The van der Waals surface area contributed by atoms with Gasteiger partial charge in [-0.3, -0.25) is 0 Å². The van der Waals surface area contributed by atoms with Crippen LogP contribution in [0.5, 0.6) is 11.5 Å². The van der Waals surface area contributed by atoms with E-state index >= 15 is 0 Å². The van der Waals surface area contributed by atoms with Crippen LogP contribution in [0, 0.1) is 6.92 Å². The summed E-state index contributed by atoms with van der Waals surface area (Å²) in [7, 11) is 0. The predicted molar refractivity (Wildman–Crippen MR) is 69.0 cm³/mol. The van der Waals surface area contributed by atoms with Gasteiger partial charge in [0, 0.05) is 6.42 Å². The zero-order valence-electron chi connectivity index (χ0n) is 9.96. The van der Waals surface area contributed by atoms with E-state index in [2.05, 4.69) is 15.9 Å². The lowest BCUT2D eigenvalue weighted by atomic mass is 9.93. The third-order valence-corrected chi connectivity index (χ3v) is 3.99. The number of benzene rings is 1. The minimum Gasteiger partial charge on any atom is -0.486 e. The first-order chi connectivity index (χ1) is 8.15. The smallest absolute Gasteiger partial charge is 0.175 e. The van der Waals surface area contributed by atoms with E-state index < -0.39 is 0 Å². The highest BCUT2D eigenvalue weighted by Gasteiger charge is 2.21. The van der Waals surface area contributed by atoms with Gasteiger partial charge < -0.3 is 14.3 Å². The summed E-state index contributed by atoms with van der Waals surface area (Å²) in [6.45, 7) is 5.22. The second-order valence-electron chi connectivity index (χ2n) is 4.23. The van der Waals surface area contributed by atoms with Crippen LogP contribution in [0.25, 0.3) is 0 Å². The Hall–Kier alpha value is -1.03. The maximum absolute atomic E-state index is 10.6. The van der Waals surface area contributed by atoms with E-state index in [1.165, 1.54) is 0 Å². The molecule has 3 nitrogen and oxygen atoms in total. The lowest BCUT2D eigenvalue weighted by molar-refractivity contribution is -0.108. The van der Waals surface area contributed by atoms with Crippen molar-refractivity contribution in [3.8, 4) is 11.5 Å². The monoisotopic (exact) mass is 298 g/mol. The number of rotatable bonds is 3. The van der Waals surface area contributed by atoms with Gasteiger partial charge in [-0.15, -0.1) is 0 Å². The summed E-state index contributed by atoms with van der Waals surface area (Å²) >= 11 is 3.54. The molecule has 92 valence electrons. The fourth-order valence-electron chi connectivity index (χ4n) is 2.04. The van der Waals surface area contributed by atoms with Gasteiger partial charge in [0.2, 0.25) is 0 Å². The molecule has 0 spiro atoms. The number of halogens is 1. The van der Waals surface area contributed by atoms with E-state index in [1.807, 2.05) is 19.9 Å². The fourth-order valence-corrected chi connectivity index (χ4v) is 2.58. The number of fused-ring (bicyclic) bond motifs is 1. The van der Waals surface area contributed by atoms with Gasteiger partial charge in [0.1, 0.15) is 19.5 Å². The average molecular weight is 299 g/mol. The van der Waals surface area contributed by atoms with Crippen molar-refractivity contribution >= 4 is 22.2 Å². The van der Waals surface area contributed by atoms with Gasteiger partial charge >= 0.3 is 0 Å². The molecular weight excluding hydrogens is 284 g/mol. The van der Waals surface area contributed by atoms with Crippen molar-refractivity contribution in [2.45, 2.75) is 26.2 Å². The maximum atomic E-state index is 10.6. The van der Waals surface area contributed by atoms with Crippen LogP contribution in [-0.4, -0.2) is 19.5 Å². The molecular formula is C13H15BrO3. The number of ether oxygens (including phenoxy) is 2. The van der Waals surface area contributed by atoms with Crippen LogP contribution < -0.4 is 9.47 Å². The molecule has 0 N–H and O–H groups in total. The lowest BCUT2D eigenvalue weighted by Gasteiger charge is -2.23. The Bertz CT molecular complexity index is 443. The van der Waals surface area contributed by atoms with Crippen molar-refractivity contribution in [1.82, 2.24) is 0 Å². The normalized spacial score (nSPS) is 15.5. The Morgan fingerprint density at radius 2 is 2.18 bits per heavy atom. The predicted octanol–water partition coefficient (Wildman–Crippen LogP) is 3.22. The summed E-state index contributed by atoms with van der Waals surface area (Å²) in [5, 5.41) is 0. The molecule has 1 aromatic rings. The van der Waals surface area contributed by atoms with Crippen LogP contribution in [0.1, 0.15) is 30.4 Å². The highest BCUT2D eigenvalue weighted by molar-refractivity contribution is 9.10. The highest BCUT2D eigenvalue weighted by Crippen LogP contribution is 2.43. The molecule has 1 aliphatic heterocycles. The van der Waals surface area contributed by atoms with E-state index in [0.717, 1.165) is 33.4 Å². The first kappa shape index (κ1) is 12.4. The molecule has 2 rings (SSSR count). The minimum absolute atomic E-state index is 0.194. The Morgan fingerprint density at radius 1 is 1.47 bits per heavy atom. The van der Waals surface area contributed by atoms with Crippen LogP contribution >= 0.6 is 15.9 Å². The molecule has 0 saturated heterocycles. The zero-order chi connectivity index (χ0) is 12.4. The summed E-state index contributed by atoms with van der Waals surface area (Å²) in [5.74, 6) is 1.73. The van der Waals surface area contributed by atoms with E-state index in [9.17, 15) is 4.79 Å². The standard InChI is InChI=1S/C13H15BrO3/c1-8(3-4-15)10-7-11-13(12(14)9(10)2)17-6-5-16-11/h4,7-8H,3,5-6H2,1-2H3. The minimum atomic E-state index is 0.194. The maximum Gasteiger partial charge on any atom is 0.175 e. The van der Waals surface area contributed by atoms with Crippen molar-refractivity contribution < 1.29 is 14.3 Å². The molecule has 1 heterocycles. The summed E-state index contributed by atoms with van der Waals surface area (Å²) in [5.41, 5.74) is 2.25. The van der Waals surface area contributed by atoms with Crippen LogP contribution in [0.4, 0.5) is 0 Å². The largest absolute Gasteiger partial charge is 0.486 e. The molecule has 1 atom stereocenters. The highest BCUT2D eigenvalue weighted by atomic mass is 79.9. The van der Waals surface area contributed by atoms with Gasteiger partial charge in [-0.05, 0) is 46.0 Å². The van der Waals surface area contributed by atoms with Gasteiger partial charge in [0.05, 0.1) is 4.47 Å². The fraction of sp³-hybridized carbons (Fsp3) is 0.462. The first-order valence-corrected chi connectivity index (χ1v) is 6.46. The molecule has 0 amide bonds. The number of carbonyl (C=O) groups excluding carboxylic acids is 1. The van der Waals surface area contributed by atoms with E-state index in [1.54, 1.807) is 0 Å². The topological polar surface area (TPSA) is 35.5 Å². The van der Waals surface area contributed by atoms with Gasteiger partial charge in [0.15, 0.2) is 11.5 Å². The first-order valence-electron chi connectivity index (χ1n) is 5.67. The Kier molecular flexibility index (Phi) is 3.72. The van der Waals surface area contributed by atoms with Gasteiger partial charge in [-0.2, -0.15) is 0 Å². The van der Waals surface area contributed by atoms with E-state index in [-0.39, 0.29) is 5.92 Å². The third kappa shape index (κ3) is 2.32. The van der Waals surface area contributed by atoms with Crippen LogP contribution in [-0.2, 0) is 4.79 Å². The number of hydrogen-bond donors (Lipinski definition) is 0. The summed E-state index contributed by atoms with van der Waals surface area (Å²) < 4.78 is 12.1. The van der Waals surface area contributed by atoms with Crippen LogP contribution in [0.3, 0.4) is 0 Å². The quantitative estimate of drug-likeness (QED) is 0.804. The van der Waals surface area contributed by atoms with Gasteiger partial charge in [0.25, 0.3) is 0 Å². The lowest BCUT2D eigenvalue weighted by Crippen LogP contribution is -2.16. The Morgan fingerprint density at radius 3 is 2.88 bits per heavy atom. The summed E-state index contributed by atoms with van der Waals surface area (Å²) in [4.78, 5) is 10.6. The second kappa shape index (κ2) is 5.08. The molecule has 0 bridgehead atoms. The van der Waals surface area contributed by atoms with E-state index in [0.29, 0.717) is 19.6 Å². The molecule has 17 heavy (non-hydrogen) atoms. The summed E-state index contributed by atoms with van der Waals surface area (Å²) in [6.07, 6.45) is 1.47. The van der Waals surface area contributed by atoms with Crippen molar-refractivity contribution in [3.05, 3.63) is 21.7 Å². The van der Waals surface area contributed by atoms with Crippen LogP contribution in [0.15, 0.2) is 10.5 Å². The van der Waals surface area contributed by atoms with Gasteiger partial charge in [-0.1, -0.05) is 6.92 Å². The number of hydrogen-bond acceptors (Lipinski definition) is 3. The van der Waals surface area contributed by atoms with E-state index in [4.69, 9.17) is 9.47 Å². The molecule has 0 fully saturated rings. The molecule has 0 aromatic heterocycles. The SMILES string of the molecule is Cc1c(C(C)CC=O)cc2c(c1Br)OCCO2. The van der Waals surface area contributed by atoms with Crippen molar-refractivity contribution in [3.63, 3.8) is 0 Å². The molecule has 0 saturated carbocycles. The third-order valence-electron chi connectivity index (χ3n) is 3.04. The van der Waals surface area contributed by atoms with Crippen molar-refractivity contribution in [2.75, 3.05) is 13.2 Å². The molecule has 1 aromatic carbocycles. The second-order valence-corrected chi connectivity index (χ2v) is 5.03. The van der Waals surface area contributed by atoms with Crippen LogP contribution in [0.2, 0.25) is 0 Å². The van der Waals surface area contributed by atoms with Crippen molar-refractivity contribution in [1.29, 1.82) is 0 Å². The Labute approximate surface area is 109 Å². The molecule has 1 aliphatic rings. The molecule has 4 heteroatoms.